The van der Waals surface area contributed by atoms with Crippen LogP contribution in [0.2, 0.25) is 19.6 Å². The normalized spacial score (nSPS) is 14.1. The van der Waals surface area contributed by atoms with E-state index in [-0.39, 0.29) is 12.5 Å². The van der Waals surface area contributed by atoms with Crippen LogP contribution in [0.4, 0.5) is 0 Å². The van der Waals surface area contributed by atoms with Crippen LogP contribution in [0.25, 0.3) is 0 Å². The molecule has 0 aliphatic rings. The Kier molecular flexibility index (Phi) is 6.70. The third kappa shape index (κ3) is 7.12. The quantitative estimate of drug-likeness (QED) is 0.360. The summed E-state index contributed by atoms with van der Waals surface area (Å²) in [5.41, 5.74) is 3.05. The number of rotatable bonds is 5. The van der Waals surface area contributed by atoms with Crippen molar-refractivity contribution >= 4 is 20.0 Å². The van der Waals surface area contributed by atoms with Gasteiger partial charge in [-0.05, 0) is 13.3 Å². The first kappa shape index (κ1) is 16.7. The minimum Gasteiger partial charge on any atom is -0.481 e. The van der Waals surface area contributed by atoms with Crippen molar-refractivity contribution < 1.29 is 19.4 Å². The van der Waals surface area contributed by atoms with Gasteiger partial charge in [-0.25, -0.2) is 0 Å². The van der Waals surface area contributed by atoms with Crippen LogP contribution < -0.4 is 0 Å². The van der Waals surface area contributed by atoms with Crippen molar-refractivity contribution in [2.45, 2.75) is 52.4 Å². The Bertz CT molecular complexity index is 359. The van der Waals surface area contributed by atoms with Gasteiger partial charge in [0.2, 0.25) is 0 Å². The summed E-state index contributed by atoms with van der Waals surface area (Å²) >= 11 is 0. The minimum absolute atomic E-state index is 0.0227. The highest BCUT2D eigenvalue weighted by atomic mass is 28.3. The van der Waals surface area contributed by atoms with Crippen molar-refractivity contribution in [2.75, 3.05) is 0 Å². The molecule has 0 amide bonds. The number of carboxylic acid groups (broad SMARTS) is 1. The molecule has 0 aliphatic carbocycles. The van der Waals surface area contributed by atoms with E-state index >= 15 is 0 Å². The van der Waals surface area contributed by atoms with Gasteiger partial charge in [-0.3, -0.25) is 9.59 Å². The van der Waals surface area contributed by atoms with E-state index in [0.717, 1.165) is 0 Å². The van der Waals surface area contributed by atoms with Gasteiger partial charge in [0, 0.05) is 6.42 Å². The van der Waals surface area contributed by atoms with Gasteiger partial charge in [0.1, 0.15) is 8.07 Å². The number of hydrogen-bond donors (Lipinski definition) is 1. The second kappa shape index (κ2) is 7.22. The van der Waals surface area contributed by atoms with Crippen LogP contribution in [0.3, 0.4) is 0 Å². The summed E-state index contributed by atoms with van der Waals surface area (Å²) in [6, 6.07) is 0. The molecule has 0 rings (SSSR count). The van der Waals surface area contributed by atoms with Crippen molar-refractivity contribution in [1.29, 1.82) is 0 Å². The number of hydrogen-bond acceptors (Lipinski definition) is 3. The molecule has 5 heteroatoms. The van der Waals surface area contributed by atoms with Crippen molar-refractivity contribution in [1.82, 2.24) is 0 Å². The van der Waals surface area contributed by atoms with Crippen molar-refractivity contribution in [2.24, 2.45) is 5.92 Å². The lowest BCUT2D eigenvalue weighted by Crippen LogP contribution is -2.28. The number of aliphatic carboxylic acids is 1. The predicted molar refractivity (Wildman–Crippen MR) is 72.7 cm³/mol. The maximum atomic E-state index is 11.7. The van der Waals surface area contributed by atoms with Crippen LogP contribution >= 0.6 is 0 Å². The molecule has 0 aliphatic heterocycles. The van der Waals surface area contributed by atoms with E-state index in [1.165, 1.54) is 0 Å². The standard InChI is InChI=1S/C13H22O4Si/c1-6-10(2)17-13(16)11(12(14)15)8-7-9-18(3,4)5/h10-11H,6,8H2,1-5H3,(H,14,15). The summed E-state index contributed by atoms with van der Waals surface area (Å²) in [5.74, 6) is -0.235. The maximum absolute atomic E-state index is 11.7. The molecule has 18 heavy (non-hydrogen) atoms. The van der Waals surface area contributed by atoms with Crippen molar-refractivity contribution in [3.05, 3.63) is 0 Å². The maximum Gasteiger partial charge on any atom is 0.321 e. The van der Waals surface area contributed by atoms with Gasteiger partial charge in [0.25, 0.3) is 0 Å². The number of esters is 1. The predicted octanol–water partition coefficient (Wildman–Crippen LogP) is 2.30. The lowest BCUT2D eigenvalue weighted by atomic mass is 10.1. The van der Waals surface area contributed by atoms with E-state index in [4.69, 9.17) is 9.84 Å². The van der Waals surface area contributed by atoms with Crippen molar-refractivity contribution in [3.63, 3.8) is 0 Å². The molecule has 0 aromatic carbocycles. The van der Waals surface area contributed by atoms with Crippen molar-refractivity contribution in [3.8, 4) is 11.5 Å². The van der Waals surface area contributed by atoms with Gasteiger partial charge < -0.3 is 9.84 Å². The summed E-state index contributed by atoms with van der Waals surface area (Å²) in [6.45, 7) is 9.80. The molecule has 0 aromatic heterocycles. The third-order valence-electron chi connectivity index (χ3n) is 2.24. The van der Waals surface area contributed by atoms with Gasteiger partial charge in [-0.2, -0.15) is 0 Å². The molecule has 0 heterocycles. The fourth-order valence-corrected chi connectivity index (χ4v) is 1.69. The molecule has 4 nitrogen and oxygen atoms in total. The molecule has 0 saturated heterocycles. The average Bonchev–Trinajstić information content (AvgIpc) is 2.21. The van der Waals surface area contributed by atoms with Gasteiger partial charge >= 0.3 is 11.9 Å². The van der Waals surface area contributed by atoms with E-state index in [1.807, 2.05) is 6.92 Å². The Morgan fingerprint density at radius 3 is 2.28 bits per heavy atom. The van der Waals surface area contributed by atoms with Gasteiger partial charge in [0.15, 0.2) is 5.92 Å². The van der Waals surface area contributed by atoms with Gasteiger partial charge in [-0.1, -0.05) is 26.6 Å². The number of carbonyl (C=O) groups excluding carboxylic acids is 1. The second-order valence-electron chi connectivity index (χ2n) is 5.30. The number of carbonyl (C=O) groups is 2. The van der Waals surface area contributed by atoms with Crippen LogP contribution in [-0.4, -0.2) is 31.2 Å². The van der Waals surface area contributed by atoms with Crippen LogP contribution in [0, 0.1) is 17.4 Å². The molecule has 2 unspecified atom stereocenters. The van der Waals surface area contributed by atoms with E-state index in [2.05, 4.69) is 31.1 Å². The molecule has 0 aromatic rings. The Balaban J connectivity index is 4.62. The zero-order chi connectivity index (χ0) is 14.3. The first-order valence-electron chi connectivity index (χ1n) is 6.10. The first-order valence-corrected chi connectivity index (χ1v) is 9.60. The second-order valence-corrected chi connectivity index (χ2v) is 10.1. The SMILES string of the molecule is CCC(C)OC(=O)C(CC#C[Si](C)(C)C)C(=O)O. The lowest BCUT2D eigenvalue weighted by Gasteiger charge is -2.14. The fourth-order valence-electron chi connectivity index (χ4n) is 1.05. The molecule has 1 N–H and O–H groups in total. The summed E-state index contributed by atoms with van der Waals surface area (Å²) in [5, 5.41) is 9.00. The molecule has 0 radical (unpaired) electrons. The summed E-state index contributed by atoms with van der Waals surface area (Å²) in [6.07, 6.45) is 0.428. The van der Waals surface area contributed by atoms with Crippen LogP contribution in [-0.2, 0) is 14.3 Å². The minimum atomic E-state index is -1.54. The van der Waals surface area contributed by atoms with E-state index in [1.54, 1.807) is 6.92 Å². The zero-order valence-electron chi connectivity index (χ0n) is 11.7. The number of carboxylic acids is 1. The molecule has 0 fully saturated rings. The molecular weight excluding hydrogens is 248 g/mol. The molecule has 0 saturated carbocycles. The summed E-state index contributed by atoms with van der Waals surface area (Å²) < 4.78 is 5.03. The zero-order valence-corrected chi connectivity index (χ0v) is 12.7. The average molecular weight is 270 g/mol. The Morgan fingerprint density at radius 2 is 1.89 bits per heavy atom. The summed E-state index contributed by atoms with van der Waals surface area (Å²) in [7, 11) is -1.54. The molecule has 2 atom stereocenters. The van der Waals surface area contributed by atoms with Gasteiger partial charge in [0.05, 0.1) is 6.10 Å². The van der Waals surface area contributed by atoms with Crippen LogP contribution in [0.15, 0.2) is 0 Å². The topological polar surface area (TPSA) is 63.6 Å². The van der Waals surface area contributed by atoms with Crippen LogP contribution in [0.1, 0.15) is 26.7 Å². The highest BCUT2D eigenvalue weighted by Gasteiger charge is 2.28. The Hall–Kier alpha value is -1.28. The smallest absolute Gasteiger partial charge is 0.321 e. The summed E-state index contributed by atoms with van der Waals surface area (Å²) in [4.78, 5) is 22.7. The molecule has 0 spiro atoms. The third-order valence-corrected chi connectivity index (χ3v) is 3.17. The highest BCUT2D eigenvalue weighted by molar-refractivity contribution is 6.83. The van der Waals surface area contributed by atoms with Gasteiger partial charge in [-0.15, -0.1) is 11.5 Å². The Labute approximate surface area is 110 Å². The number of ether oxygens (including phenoxy) is 1. The van der Waals surface area contributed by atoms with E-state index < -0.39 is 25.9 Å². The molecule has 102 valence electrons. The Morgan fingerprint density at radius 1 is 1.33 bits per heavy atom. The monoisotopic (exact) mass is 270 g/mol. The first-order chi connectivity index (χ1) is 8.17. The molecular formula is C13H22O4Si. The van der Waals surface area contributed by atoms with Crippen LogP contribution in [0.5, 0.6) is 0 Å². The highest BCUT2D eigenvalue weighted by Crippen LogP contribution is 2.09. The molecule has 0 bridgehead atoms. The van der Waals surface area contributed by atoms with E-state index in [0.29, 0.717) is 6.42 Å². The lowest BCUT2D eigenvalue weighted by molar-refractivity contribution is -0.161. The van der Waals surface area contributed by atoms with E-state index in [9.17, 15) is 9.59 Å². The fraction of sp³-hybridized carbons (Fsp3) is 0.692. The largest absolute Gasteiger partial charge is 0.481 e.